The molecule has 6 heteroatoms. The maximum absolute atomic E-state index is 12.9. The van der Waals surface area contributed by atoms with E-state index in [-0.39, 0.29) is 5.91 Å². The summed E-state index contributed by atoms with van der Waals surface area (Å²) in [6.07, 6.45) is 4.90. The number of likely N-dealkylation sites (tertiary alicyclic amines) is 1. The van der Waals surface area contributed by atoms with E-state index in [4.69, 9.17) is 9.47 Å². The molecule has 2 fully saturated rings. The lowest BCUT2D eigenvalue weighted by Crippen LogP contribution is -2.47. The number of hydrogen-bond donors (Lipinski definition) is 0. The van der Waals surface area contributed by atoms with E-state index >= 15 is 0 Å². The lowest BCUT2D eigenvalue weighted by molar-refractivity contribution is -0.181. The Morgan fingerprint density at radius 1 is 1.26 bits per heavy atom. The number of fused-ring (bicyclic) bond motifs is 1. The van der Waals surface area contributed by atoms with Gasteiger partial charge in [0.2, 0.25) is 0 Å². The number of carbonyl (C=O) groups excluding carboxylic acids is 1. The van der Waals surface area contributed by atoms with Crippen LogP contribution in [0.2, 0.25) is 0 Å². The van der Waals surface area contributed by atoms with Crippen LogP contribution in [0.15, 0.2) is 24.5 Å². The van der Waals surface area contributed by atoms with Crippen molar-refractivity contribution in [1.82, 2.24) is 14.9 Å². The van der Waals surface area contributed by atoms with E-state index in [1.165, 1.54) is 0 Å². The molecule has 0 atom stereocenters. The van der Waals surface area contributed by atoms with Gasteiger partial charge in [0, 0.05) is 43.7 Å². The molecule has 4 rings (SSSR count). The third-order valence-corrected chi connectivity index (χ3v) is 4.66. The van der Waals surface area contributed by atoms with Crippen molar-refractivity contribution in [3.8, 4) is 0 Å². The number of aryl methyl sites for hydroxylation is 1. The molecule has 6 nitrogen and oxygen atoms in total. The van der Waals surface area contributed by atoms with Gasteiger partial charge in [0.05, 0.1) is 30.0 Å². The minimum atomic E-state index is -0.461. The molecule has 4 heterocycles. The van der Waals surface area contributed by atoms with Crippen molar-refractivity contribution >= 4 is 16.8 Å². The van der Waals surface area contributed by atoms with Crippen LogP contribution in [0.1, 0.15) is 28.9 Å². The van der Waals surface area contributed by atoms with Crippen LogP contribution in [0.5, 0.6) is 0 Å². The zero-order valence-corrected chi connectivity index (χ0v) is 13.1. The van der Waals surface area contributed by atoms with Crippen LogP contribution in [0.25, 0.3) is 10.9 Å². The van der Waals surface area contributed by atoms with Gasteiger partial charge in [0.25, 0.3) is 5.91 Å². The lowest BCUT2D eigenvalue weighted by Gasteiger charge is -2.37. The van der Waals surface area contributed by atoms with Crippen LogP contribution >= 0.6 is 0 Å². The molecule has 0 radical (unpaired) electrons. The van der Waals surface area contributed by atoms with Crippen molar-refractivity contribution < 1.29 is 14.3 Å². The summed E-state index contributed by atoms with van der Waals surface area (Å²) in [5.74, 6) is -0.439. The van der Waals surface area contributed by atoms with E-state index in [0.717, 1.165) is 29.4 Å². The second-order valence-corrected chi connectivity index (χ2v) is 6.09. The molecule has 0 unspecified atom stereocenters. The first kappa shape index (κ1) is 14.5. The Labute approximate surface area is 134 Å². The molecule has 0 aromatic carbocycles. The first-order chi connectivity index (χ1) is 11.2. The molecule has 2 aromatic heterocycles. The van der Waals surface area contributed by atoms with Crippen LogP contribution in [-0.4, -0.2) is 52.9 Å². The maximum atomic E-state index is 12.9. The topological polar surface area (TPSA) is 64.6 Å². The van der Waals surface area contributed by atoms with Crippen LogP contribution < -0.4 is 0 Å². The summed E-state index contributed by atoms with van der Waals surface area (Å²) in [5, 5.41) is 0.886. The Hall–Kier alpha value is -2.05. The third-order valence-electron chi connectivity index (χ3n) is 4.66. The number of ether oxygens (including phenoxy) is 2. The molecule has 2 saturated heterocycles. The third kappa shape index (κ3) is 2.58. The van der Waals surface area contributed by atoms with Gasteiger partial charge in [0.1, 0.15) is 0 Å². The molecule has 0 aliphatic carbocycles. The number of amides is 1. The van der Waals surface area contributed by atoms with Crippen molar-refractivity contribution in [1.29, 1.82) is 0 Å². The first-order valence-corrected chi connectivity index (χ1v) is 7.95. The van der Waals surface area contributed by atoms with Gasteiger partial charge in [-0.15, -0.1) is 0 Å². The number of piperidine rings is 1. The number of aromatic nitrogens is 2. The summed E-state index contributed by atoms with van der Waals surface area (Å²) in [5.41, 5.74) is 2.26. The number of pyridine rings is 2. The highest BCUT2D eigenvalue weighted by atomic mass is 16.7. The molecule has 0 saturated carbocycles. The molecular formula is C17H19N3O3. The summed E-state index contributed by atoms with van der Waals surface area (Å²) < 4.78 is 11.4. The van der Waals surface area contributed by atoms with Gasteiger partial charge in [-0.3, -0.25) is 14.8 Å². The molecule has 120 valence electrons. The zero-order valence-electron chi connectivity index (χ0n) is 13.1. The smallest absolute Gasteiger partial charge is 0.255 e. The van der Waals surface area contributed by atoms with Gasteiger partial charge >= 0.3 is 0 Å². The van der Waals surface area contributed by atoms with Crippen LogP contribution in [0.4, 0.5) is 0 Å². The Balaban J connectivity index is 1.56. The van der Waals surface area contributed by atoms with E-state index in [9.17, 15) is 4.79 Å². The molecule has 2 aliphatic rings. The van der Waals surface area contributed by atoms with E-state index in [1.807, 2.05) is 24.0 Å². The highest BCUT2D eigenvalue weighted by molar-refractivity contribution is 5.98. The van der Waals surface area contributed by atoms with Crippen molar-refractivity contribution in [3.05, 3.63) is 35.8 Å². The summed E-state index contributed by atoms with van der Waals surface area (Å²) in [7, 11) is 0. The van der Waals surface area contributed by atoms with Crippen molar-refractivity contribution in [2.75, 3.05) is 26.3 Å². The van der Waals surface area contributed by atoms with Crippen LogP contribution in [0.3, 0.4) is 0 Å². The van der Waals surface area contributed by atoms with Crippen molar-refractivity contribution in [2.45, 2.75) is 25.6 Å². The highest BCUT2D eigenvalue weighted by Gasteiger charge is 2.41. The van der Waals surface area contributed by atoms with Crippen LogP contribution in [0, 0.1) is 6.92 Å². The monoisotopic (exact) mass is 313 g/mol. The predicted octanol–water partition coefficient (Wildman–Crippen LogP) is 1.92. The van der Waals surface area contributed by atoms with Gasteiger partial charge in [-0.1, -0.05) is 0 Å². The van der Waals surface area contributed by atoms with Gasteiger partial charge in [-0.2, -0.15) is 0 Å². The normalized spacial score (nSPS) is 20.3. The Kier molecular flexibility index (Phi) is 3.50. The second kappa shape index (κ2) is 5.54. The second-order valence-electron chi connectivity index (χ2n) is 6.09. The largest absolute Gasteiger partial charge is 0.347 e. The Morgan fingerprint density at radius 2 is 2.00 bits per heavy atom. The summed E-state index contributed by atoms with van der Waals surface area (Å²) in [6.45, 7) is 4.46. The fourth-order valence-electron chi connectivity index (χ4n) is 3.34. The van der Waals surface area contributed by atoms with Gasteiger partial charge in [0.15, 0.2) is 5.79 Å². The Morgan fingerprint density at radius 3 is 2.74 bits per heavy atom. The molecule has 0 bridgehead atoms. The van der Waals surface area contributed by atoms with E-state index < -0.39 is 5.79 Å². The standard InChI is InChI=1S/C17H19N3O3/c1-12-14(10-13-11-18-5-2-15(13)19-12)16(21)20-6-3-17(4-7-20)22-8-9-23-17/h2,5,10-11H,3-4,6-9H2,1H3. The summed E-state index contributed by atoms with van der Waals surface area (Å²) in [6, 6.07) is 3.75. The number of nitrogens with zero attached hydrogens (tertiary/aromatic N) is 3. The summed E-state index contributed by atoms with van der Waals surface area (Å²) in [4.78, 5) is 23.3. The molecule has 23 heavy (non-hydrogen) atoms. The Bertz CT molecular complexity index is 746. The fourth-order valence-corrected chi connectivity index (χ4v) is 3.34. The van der Waals surface area contributed by atoms with E-state index in [0.29, 0.717) is 31.9 Å². The molecule has 1 amide bonds. The molecule has 1 spiro atoms. The van der Waals surface area contributed by atoms with Crippen molar-refractivity contribution in [3.63, 3.8) is 0 Å². The fraction of sp³-hybridized carbons (Fsp3) is 0.471. The SMILES string of the molecule is Cc1nc2ccncc2cc1C(=O)N1CCC2(CC1)OCCO2. The quantitative estimate of drug-likeness (QED) is 0.805. The average molecular weight is 313 g/mol. The number of rotatable bonds is 1. The molecular weight excluding hydrogens is 294 g/mol. The van der Waals surface area contributed by atoms with Gasteiger partial charge in [-0.25, -0.2) is 0 Å². The number of hydrogen-bond acceptors (Lipinski definition) is 5. The summed E-state index contributed by atoms with van der Waals surface area (Å²) >= 11 is 0. The number of carbonyl (C=O) groups is 1. The lowest BCUT2D eigenvalue weighted by atomic mass is 10.0. The highest BCUT2D eigenvalue weighted by Crippen LogP contribution is 2.32. The predicted molar refractivity (Wildman–Crippen MR) is 84.0 cm³/mol. The maximum Gasteiger partial charge on any atom is 0.255 e. The molecule has 2 aromatic rings. The van der Waals surface area contributed by atoms with E-state index in [2.05, 4.69) is 9.97 Å². The van der Waals surface area contributed by atoms with Gasteiger partial charge in [-0.05, 0) is 19.1 Å². The average Bonchev–Trinajstić information content (AvgIpc) is 3.02. The minimum Gasteiger partial charge on any atom is -0.347 e. The first-order valence-electron chi connectivity index (χ1n) is 7.95. The van der Waals surface area contributed by atoms with E-state index in [1.54, 1.807) is 12.4 Å². The minimum absolute atomic E-state index is 0.0219. The molecule has 0 N–H and O–H groups in total. The zero-order chi connectivity index (χ0) is 15.9. The molecule has 2 aliphatic heterocycles. The van der Waals surface area contributed by atoms with Crippen molar-refractivity contribution in [2.24, 2.45) is 0 Å². The van der Waals surface area contributed by atoms with Crippen LogP contribution in [-0.2, 0) is 9.47 Å². The van der Waals surface area contributed by atoms with Gasteiger partial charge < -0.3 is 14.4 Å².